The van der Waals surface area contributed by atoms with E-state index in [-0.39, 0.29) is 28.9 Å². The molecule has 2 heterocycles. The van der Waals surface area contributed by atoms with E-state index in [0.29, 0.717) is 11.1 Å². The number of hydrogen-bond acceptors (Lipinski definition) is 8. The van der Waals surface area contributed by atoms with Crippen LogP contribution in [0.2, 0.25) is 0 Å². The predicted octanol–water partition coefficient (Wildman–Crippen LogP) is 2.18. The summed E-state index contributed by atoms with van der Waals surface area (Å²) in [6, 6.07) is 25.2. The number of aliphatic carboxylic acids is 2. The predicted molar refractivity (Wildman–Crippen MR) is 139 cm³/mol. The molecule has 0 atom stereocenters. The molecule has 0 spiro atoms. The molecule has 0 unspecified atom stereocenters. The summed E-state index contributed by atoms with van der Waals surface area (Å²) in [5.74, 6) is -2.39. The third kappa shape index (κ3) is 17.3. The number of nitrogens with zero attached hydrogens (tertiary/aromatic N) is 2. The molecule has 10 nitrogen and oxygen atoms in total. The first-order valence-corrected chi connectivity index (χ1v) is 11.1. The molecule has 2 aromatic carbocycles. The third-order valence-corrected chi connectivity index (χ3v) is 3.95. The number of aromatic nitrogens is 2. The van der Waals surface area contributed by atoms with Gasteiger partial charge in [0.25, 0.3) is 11.8 Å². The van der Waals surface area contributed by atoms with Crippen LogP contribution < -0.4 is 20.8 Å². The van der Waals surface area contributed by atoms with Crippen molar-refractivity contribution in [1.82, 2.24) is 9.97 Å². The molecule has 2 N–H and O–H groups in total. The van der Waals surface area contributed by atoms with Gasteiger partial charge in [0.1, 0.15) is 0 Å². The van der Waals surface area contributed by atoms with Crippen molar-refractivity contribution >= 4 is 35.1 Å². The minimum absolute atomic E-state index is 0. The smallest absolute Gasteiger partial charge is 0.550 e. The Morgan fingerprint density at radius 2 is 0.795 bits per heavy atom. The Bertz CT molecular complexity index is 1150. The van der Waals surface area contributed by atoms with Crippen LogP contribution in [0, 0.1) is 0 Å². The van der Waals surface area contributed by atoms with Gasteiger partial charge in [-0.2, -0.15) is 0 Å². The van der Waals surface area contributed by atoms with Crippen LogP contribution in [0.1, 0.15) is 34.6 Å². The third-order valence-electron chi connectivity index (χ3n) is 3.95. The number of pyridine rings is 2. The number of anilines is 2. The molecule has 0 saturated carbocycles. The molecule has 2 amide bonds. The Hall–Kier alpha value is -4.86. The Balaban J connectivity index is 0.000000572. The summed E-state index contributed by atoms with van der Waals surface area (Å²) in [4.78, 5) is 48.9. The van der Waals surface area contributed by atoms with E-state index in [2.05, 4.69) is 20.6 Å². The zero-order valence-corrected chi connectivity index (χ0v) is 22.0. The number of rotatable bonds is 4. The number of hydrogen-bond donors (Lipinski definition) is 2. The van der Waals surface area contributed by atoms with Gasteiger partial charge in [-0.05, 0) is 62.4 Å². The van der Waals surface area contributed by atoms with Gasteiger partial charge in [0.2, 0.25) is 0 Å². The standard InChI is InChI=1S/2C12H10N2O.2C2H4O2.Cu/c2*15-12(10-4-2-1-3-5-10)14-11-6-8-13-9-7-11;2*1-2(3)4;/h2*1-9H,(H,13,14,15);2*1H3,(H,3,4);/q;;;;+2/p-2. The molecular weight excluding hydrogens is 552 g/mol. The van der Waals surface area contributed by atoms with E-state index in [1.54, 1.807) is 73.3 Å². The largest absolute Gasteiger partial charge is 2.00 e. The summed E-state index contributed by atoms with van der Waals surface area (Å²) in [5.41, 5.74) is 2.79. The maximum absolute atomic E-state index is 11.7. The Morgan fingerprint density at radius 3 is 1.05 bits per heavy atom. The normalized spacial score (nSPS) is 8.67. The van der Waals surface area contributed by atoms with Gasteiger partial charge < -0.3 is 30.4 Å². The number of nitrogens with one attached hydrogen (secondary N) is 2. The molecule has 39 heavy (non-hydrogen) atoms. The molecule has 205 valence electrons. The minimum atomic E-state index is -1.08. The van der Waals surface area contributed by atoms with Crippen LogP contribution in [0.3, 0.4) is 0 Å². The van der Waals surface area contributed by atoms with Crippen molar-refractivity contribution in [3.63, 3.8) is 0 Å². The van der Waals surface area contributed by atoms with Crippen molar-refractivity contribution in [3.05, 3.63) is 121 Å². The summed E-state index contributed by atoms with van der Waals surface area (Å²) < 4.78 is 0. The maximum Gasteiger partial charge on any atom is 2.00 e. The molecular formula is C28H26CuN4O6. The Morgan fingerprint density at radius 1 is 0.538 bits per heavy atom. The van der Waals surface area contributed by atoms with Gasteiger partial charge in [0.05, 0.1) is 0 Å². The van der Waals surface area contributed by atoms with Crippen LogP contribution >= 0.6 is 0 Å². The van der Waals surface area contributed by atoms with Crippen LogP contribution in [0.25, 0.3) is 0 Å². The van der Waals surface area contributed by atoms with Crippen molar-refractivity contribution in [3.8, 4) is 0 Å². The second-order valence-electron chi connectivity index (χ2n) is 7.10. The second kappa shape index (κ2) is 20.2. The zero-order valence-electron chi connectivity index (χ0n) is 21.0. The van der Waals surface area contributed by atoms with Crippen molar-refractivity contribution < 1.29 is 46.5 Å². The first-order valence-electron chi connectivity index (χ1n) is 11.1. The van der Waals surface area contributed by atoms with E-state index in [1.807, 2.05) is 36.4 Å². The number of carboxylic acid groups (broad SMARTS) is 2. The fourth-order valence-electron chi connectivity index (χ4n) is 2.46. The Kier molecular flexibility index (Phi) is 17.7. The molecule has 0 aliphatic rings. The van der Waals surface area contributed by atoms with Gasteiger partial charge in [-0.1, -0.05) is 36.4 Å². The first kappa shape index (κ1) is 34.1. The van der Waals surface area contributed by atoms with E-state index < -0.39 is 11.9 Å². The van der Waals surface area contributed by atoms with Crippen molar-refractivity contribution in [2.75, 3.05) is 10.6 Å². The molecule has 2 aromatic heterocycles. The van der Waals surface area contributed by atoms with E-state index in [4.69, 9.17) is 19.8 Å². The summed E-state index contributed by atoms with van der Waals surface area (Å²) in [5, 5.41) is 23.3. The molecule has 4 aromatic rings. The molecule has 11 heteroatoms. The molecule has 0 bridgehead atoms. The van der Waals surface area contributed by atoms with Crippen LogP contribution in [0.15, 0.2) is 110 Å². The fourth-order valence-corrected chi connectivity index (χ4v) is 2.46. The van der Waals surface area contributed by atoms with E-state index >= 15 is 0 Å². The average molecular weight is 578 g/mol. The monoisotopic (exact) mass is 577 g/mol. The van der Waals surface area contributed by atoms with Crippen molar-refractivity contribution in [2.45, 2.75) is 13.8 Å². The van der Waals surface area contributed by atoms with E-state index in [0.717, 1.165) is 25.2 Å². The topological polar surface area (TPSA) is 164 Å². The van der Waals surface area contributed by atoms with E-state index in [1.165, 1.54) is 0 Å². The number of carboxylic acids is 2. The molecule has 0 saturated heterocycles. The SMILES string of the molecule is CC(=O)[O-].CC(=O)[O-].O=C(Nc1ccncc1)c1ccccc1.O=C(Nc1ccncc1)c1ccccc1.[Cu+2]. The van der Waals surface area contributed by atoms with Crippen LogP contribution in [0.4, 0.5) is 11.4 Å². The second-order valence-corrected chi connectivity index (χ2v) is 7.10. The van der Waals surface area contributed by atoms with Crippen LogP contribution in [-0.2, 0) is 26.7 Å². The average Bonchev–Trinajstić information content (AvgIpc) is 2.91. The van der Waals surface area contributed by atoms with Gasteiger partial charge in [-0.3, -0.25) is 19.6 Å². The molecule has 0 fully saturated rings. The van der Waals surface area contributed by atoms with Gasteiger partial charge in [0.15, 0.2) is 0 Å². The maximum atomic E-state index is 11.7. The first-order chi connectivity index (χ1) is 18.2. The van der Waals surface area contributed by atoms with Gasteiger partial charge in [-0.25, -0.2) is 0 Å². The number of amides is 2. The zero-order chi connectivity index (χ0) is 28.2. The van der Waals surface area contributed by atoms with Gasteiger partial charge in [-0.15, -0.1) is 0 Å². The number of carbonyl (C=O) groups excluding carboxylic acids is 4. The molecule has 1 radical (unpaired) electrons. The van der Waals surface area contributed by atoms with Crippen LogP contribution in [-0.4, -0.2) is 33.7 Å². The summed E-state index contributed by atoms with van der Waals surface area (Å²) >= 11 is 0. The molecule has 0 aliphatic heterocycles. The Labute approximate surface area is 236 Å². The van der Waals surface area contributed by atoms with Crippen molar-refractivity contribution in [2.24, 2.45) is 0 Å². The summed E-state index contributed by atoms with van der Waals surface area (Å²) in [7, 11) is 0. The number of carbonyl (C=O) groups is 4. The molecule has 4 rings (SSSR count). The number of benzene rings is 2. The minimum Gasteiger partial charge on any atom is -0.550 e. The van der Waals surface area contributed by atoms with Crippen LogP contribution in [0.5, 0.6) is 0 Å². The fraction of sp³-hybridized carbons (Fsp3) is 0.0714. The quantitative estimate of drug-likeness (QED) is 0.348. The van der Waals surface area contributed by atoms with E-state index in [9.17, 15) is 9.59 Å². The van der Waals surface area contributed by atoms with Gasteiger partial charge in [0, 0.05) is 59.2 Å². The van der Waals surface area contributed by atoms with Crippen molar-refractivity contribution in [1.29, 1.82) is 0 Å². The summed E-state index contributed by atoms with van der Waals surface area (Å²) in [6.45, 7) is 1.94. The van der Waals surface area contributed by atoms with Gasteiger partial charge >= 0.3 is 17.1 Å². The molecule has 0 aliphatic carbocycles. The summed E-state index contributed by atoms with van der Waals surface area (Å²) in [6.07, 6.45) is 6.56.